The van der Waals surface area contributed by atoms with Crippen LogP contribution in [0.3, 0.4) is 0 Å². The van der Waals surface area contributed by atoms with E-state index in [9.17, 15) is 9.59 Å². The smallest absolute Gasteiger partial charge is 0.193 e. The summed E-state index contributed by atoms with van der Waals surface area (Å²) in [5.41, 5.74) is 8.06. The first kappa shape index (κ1) is 28.8. The monoisotopic (exact) mass is 588 g/mol. The highest BCUT2D eigenvalue weighted by Crippen LogP contribution is 2.36. The molecule has 224 valence electrons. The van der Waals surface area contributed by atoms with Gasteiger partial charge in [0.1, 0.15) is 0 Å². The third-order valence-corrected chi connectivity index (χ3v) is 8.46. The largest absolute Gasteiger partial charge is 0.373 e. The molecular weight excluding hydrogens is 552 g/mol. The lowest BCUT2D eigenvalue weighted by Gasteiger charge is -2.22. The molecule has 0 aliphatic carbocycles. The Bertz CT molecular complexity index is 1560. The van der Waals surface area contributed by atoms with E-state index >= 15 is 0 Å². The molecule has 8 rings (SSSR count). The lowest BCUT2D eigenvalue weighted by molar-refractivity contribution is 0.103. The highest BCUT2D eigenvalue weighted by Gasteiger charge is 2.36. The van der Waals surface area contributed by atoms with Crippen LogP contribution < -0.4 is 0 Å². The van der Waals surface area contributed by atoms with Gasteiger partial charge in [-0.15, -0.1) is 0 Å². The number of carbonyl (C=O) groups is 2. The van der Waals surface area contributed by atoms with Gasteiger partial charge in [0.15, 0.2) is 11.6 Å². The third kappa shape index (κ3) is 7.40. The molecule has 4 aromatic carbocycles. The van der Waals surface area contributed by atoms with Crippen molar-refractivity contribution in [2.45, 2.75) is 50.1 Å². The predicted octanol–water partition coefficient (Wildman–Crippen LogP) is 5.60. The van der Waals surface area contributed by atoms with E-state index in [0.29, 0.717) is 6.10 Å². The molecule has 0 bridgehead atoms. The van der Waals surface area contributed by atoms with Crippen LogP contribution in [0.4, 0.5) is 0 Å². The van der Waals surface area contributed by atoms with Crippen LogP contribution in [0.5, 0.6) is 0 Å². The van der Waals surface area contributed by atoms with E-state index in [0.717, 1.165) is 79.9 Å². The second-order valence-electron chi connectivity index (χ2n) is 11.9. The zero-order chi connectivity index (χ0) is 29.9. The molecule has 0 radical (unpaired) electrons. The van der Waals surface area contributed by atoms with Crippen LogP contribution in [0.15, 0.2) is 97.1 Å². The maximum atomic E-state index is 13.6. The zero-order valence-electron chi connectivity index (χ0n) is 24.7. The molecule has 0 aromatic heterocycles. The molecule has 4 aliphatic heterocycles. The van der Waals surface area contributed by atoms with Gasteiger partial charge in [-0.2, -0.15) is 0 Å². The number of benzene rings is 4. The fourth-order valence-electron chi connectivity index (χ4n) is 5.77. The minimum atomic E-state index is 0.0752. The number of rotatable bonds is 12. The van der Waals surface area contributed by atoms with Crippen molar-refractivity contribution in [3.05, 3.63) is 142 Å². The van der Waals surface area contributed by atoms with Crippen LogP contribution in [0, 0.1) is 0 Å². The third-order valence-electron chi connectivity index (χ3n) is 8.46. The van der Waals surface area contributed by atoms with Crippen molar-refractivity contribution >= 4 is 11.6 Å². The summed E-state index contributed by atoms with van der Waals surface area (Å²) in [7, 11) is 0. The molecule has 4 atom stereocenters. The second kappa shape index (κ2) is 13.0. The number of epoxide rings is 4. The number of ketones is 2. The molecule has 0 spiro atoms. The summed E-state index contributed by atoms with van der Waals surface area (Å²) in [5.74, 6) is 0.169. The predicted molar refractivity (Wildman–Crippen MR) is 166 cm³/mol. The zero-order valence-corrected chi connectivity index (χ0v) is 24.7. The Balaban J connectivity index is 0.000000187. The molecule has 4 aromatic rings. The molecule has 4 saturated heterocycles. The Morgan fingerprint density at radius 2 is 0.841 bits per heavy atom. The number of carbonyl (C=O) groups excluding carboxylic acids is 2. The Labute approximate surface area is 257 Å². The van der Waals surface area contributed by atoms with E-state index in [2.05, 4.69) is 6.07 Å². The molecule has 0 amide bonds. The number of ether oxygens (including phenoxy) is 4. The topological polar surface area (TPSA) is 84.3 Å². The van der Waals surface area contributed by atoms with E-state index in [-0.39, 0.29) is 29.9 Å². The average molecular weight is 589 g/mol. The molecule has 6 nitrogen and oxygen atoms in total. The van der Waals surface area contributed by atoms with Gasteiger partial charge in [0, 0.05) is 47.9 Å². The first-order valence-corrected chi connectivity index (χ1v) is 15.5. The van der Waals surface area contributed by atoms with Crippen molar-refractivity contribution in [1.29, 1.82) is 0 Å². The summed E-state index contributed by atoms with van der Waals surface area (Å²) < 4.78 is 22.3. The maximum Gasteiger partial charge on any atom is 0.193 e. The molecule has 44 heavy (non-hydrogen) atoms. The first-order valence-electron chi connectivity index (χ1n) is 15.5. The van der Waals surface area contributed by atoms with Crippen LogP contribution >= 0.6 is 0 Å². The quantitative estimate of drug-likeness (QED) is 0.158. The molecule has 6 heteroatoms. The van der Waals surface area contributed by atoms with Crippen molar-refractivity contribution in [3.8, 4) is 0 Å². The van der Waals surface area contributed by atoms with Gasteiger partial charge in [-0.1, -0.05) is 91.0 Å². The van der Waals surface area contributed by atoms with Gasteiger partial charge in [-0.3, -0.25) is 9.59 Å². The molecule has 0 N–H and O–H groups in total. The molecule has 0 saturated carbocycles. The highest BCUT2D eigenvalue weighted by atomic mass is 16.6. The molecular formula is C38H36O6. The summed E-state index contributed by atoms with van der Waals surface area (Å²) >= 11 is 0. The maximum absolute atomic E-state index is 13.6. The van der Waals surface area contributed by atoms with Gasteiger partial charge < -0.3 is 18.9 Å². The standard InChI is InChI=1S/C25H26O5.C13H10O/c26-25(15-4-2-1-3-5-15)24-7-16(6-17-11-27-17)21(8-18-12-28-18)22(9-19-13-29-19)23(24)10-20-14-30-20;14-13(11-7-3-1-4-8-11)12-9-5-2-6-10-12/h1-5,7,17-20H,6,8-14H2;1-10H. The summed E-state index contributed by atoms with van der Waals surface area (Å²) in [6.45, 7) is 3.21. The van der Waals surface area contributed by atoms with Gasteiger partial charge in [-0.25, -0.2) is 0 Å². The van der Waals surface area contributed by atoms with E-state index < -0.39 is 0 Å². The molecule has 4 unspecified atom stereocenters. The number of hydrogen-bond acceptors (Lipinski definition) is 6. The van der Waals surface area contributed by atoms with Gasteiger partial charge in [0.25, 0.3) is 0 Å². The van der Waals surface area contributed by atoms with Crippen molar-refractivity contribution < 1.29 is 28.5 Å². The Kier molecular flexibility index (Phi) is 8.49. The molecule has 4 aliphatic rings. The normalized spacial score (nSPS) is 22.4. The minimum Gasteiger partial charge on any atom is -0.373 e. The van der Waals surface area contributed by atoms with Crippen molar-refractivity contribution in [1.82, 2.24) is 0 Å². The van der Waals surface area contributed by atoms with Gasteiger partial charge in [0.2, 0.25) is 0 Å². The van der Waals surface area contributed by atoms with E-state index in [1.165, 1.54) is 16.7 Å². The van der Waals surface area contributed by atoms with Gasteiger partial charge >= 0.3 is 0 Å². The first-order chi connectivity index (χ1) is 21.6. The molecule has 4 heterocycles. The van der Waals surface area contributed by atoms with E-state index in [1.807, 2.05) is 91.0 Å². The van der Waals surface area contributed by atoms with Crippen LogP contribution in [-0.2, 0) is 44.6 Å². The Hall–Kier alpha value is -3.94. The summed E-state index contributed by atoms with van der Waals surface area (Å²) in [6, 6.07) is 30.3. The van der Waals surface area contributed by atoms with Gasteiger partial charge in [0.05, 0.1) is 50.8 Å². The van der Waals surface area contributed by atoms with Crippen molar-refractivity contribution in [2.75, 3.05) is 26.4 Å². The summed E-state index contributed by atoms with van der Waals surface area (Å²) in [5, 5.41) is 0. The van der Waals surface area contributed by atoms with Crippen LogP contribution in [0.25, 0.3) is 0 Å². The fraction of sp³-hybridized carbons (Fsp3) is 0.316. The van der Waals surface area contributed by atoms with E-state index in [1.54, 1.807) is 0 Å². The fourth-order valence-corrected chi connectivity index (χ4v) is 5.77. The molecule has 4 fully saturated rings. The highest BCUT2D eigenvalue weighted by molar-refractivity contribution is 6.10. The summed E-state index contributed by atoms with van der Waals surface area (Å²) in [4.78, 5) is 25.4. The van der Waals surface area contributed by atoms with Crippen LogP contribution in [-0.4, -0.2) is 62.4 Å². The lowest BCUT2D eigenvalue weighted by atomic mass is 9.82. The average Bonchev–Trinajstić information content (AvgIpc) is 3.88. The van der Waals surface area contributed by atoms with E-state index in [4.69, 9.17) is 18.9 Å². The van der Waals surface area contributed by atoms with Crippen molar-refractivity contribution in [3.63, 3.8) is 0 Å². The Morgan fingerprint density at radius 1 is 0.477 bits per heavy atom. The Morgan fingerprint density at radius 3 is 1.27 bits per heavy atom. The van der Waals surface area contributed by atoms with Crippen LogP contribution in [0.2, 0.25) is 0 Å². The SMILES string of the molecule is O=C(c1ccccc1)c1cc(CC2CO2)c(CC2CO2)c(CC2CO2)c1CC1CO1.O=C(c1ccccc1)c1ccccc1. The second-order valence-corrected chi connectivity index (χ2v) is 11.9. The van der Waals surface area contributed by atoms with Gasteiger partial charge in [-0.05, 0) is 28.3 Å². The lowest BCUT2D eigenvalue weighted by Crippen LogP contribution is -2.18. The van der Waals surface area contributed by atoms with Crippen molar-refractivity contribution in [2.24, 2.45) is 0 Å². The summed E-state index contributed by atoms with van der Waals surface area (Å²) in [6.07, 6.45) is 4.45. The van der Waals surface area contributed by atoms with Crippen LogP contribution in [0.1, 0.15) is 54.1 Å². The minimum absolute atomic E-state index is 0.0752. The number of hydrogen-bond donors (Lipinski definition) is 0.